The van der Waals surface area contributed by atoms with Crippen LogP contribution in [0.1, 0.15) is 31.0 Å². The summed E-state index contributed by atoms with van der Waals surface area (Å²) in [5.74, 6) is -1.38. The third-order valence-corrected chi connectivity index (χ3v) is 2.93. The summed E-state index contributed by atoms with van der Waals surface area (Å²) in [4.78, 5) is 23.3. The molecule has 0 aliphatic rings. The maximum Gasteiger partial charge on any atom is 0.310 e. The average molecular weight is 247 g/mol. The molecular formula is C12H13N3O3. The lowest BCUT2D eigenvalue weighted by molar-refractivity contribution is -0.147. The zero-order valence-corrected chi connectivity index (χ0v) is 10.1. The van der Waals surface area contributed by atoms with E-state index in [1.54, 1.807) is 26.2 Å². The van der Waals surface area contributed by atoms with Crippen molar-refractivity contribution in [2.75, 3.05) is 0 Å². The number of hydrogen-bond acceptors (Lipinski definition) is 5. The Bertz CT molecular complexity index is 523. The molecule has 94 valence electrons. The van der Waals surface area contributed by atoms with E-state index in [2.05, 4.69) is 15.0 Å². The number of nitrogens with zero attached hydrogens (tertiary/aromatic N) is 3. The molecule has 2 heterocycles. The van der Waals surface area contributed by atoms with E-state index in [4.69, 9.17) is 4.42 Å². The molecule has 0 radical (unpaired) electrons. The number of carboxylic acids is 1. The lowest BCUT2D eigenvalue weighted by Crippen LogP contribution is -2.32. The van der Waals surface area contributed by atoms with E-state index in [1.165, 1.54) is 19.0 Å². The third-order valence-electron chi connectivity index (χ3n) is 2.93. The number of aromatic nitrogens is 3. The van der Waals surface area contributed by atoms with Crippen molar-refractivity contribution in [1.29, 1.82) is 0 Å². The molecule has 18 heavy (non-hydrogen) atoms. The topological polar surface area (TPSA) is 89.1 Å². The van der Waals surface area contributed by atoms with Gasteiger partial charge in [0.1, 0.15) is 12.6 Å². The number of carbonyl (C=O) groups is 1. The SMILES string of the molecule is CC(C)(C(=O)O)C(c1cncnc1)c1cocn1. The molecule has 1 atom stereocenters. The molecule has 1 unspecified atom stereocenters. The Kier molecular flexibility index (Phi) is 3.10. The lowest BCUT2D eigenvalue weighted by atomic mass is 9.74. The molecule has 0 aromatic carbocycles. The van der Waals surface area contributed by atoms with Gasteiger partial charge in [-0.3, -0.25) is 4.79 Å². The van der Waals surface area contributed by atoms with Crippen molar-refractivity contribution in [2.24, 2.45) is 5.41 Å². The van der Waals surface area contributed by atoms with Gasteiger partial charge in [0.2, 0.25) is 0 Å². The lowest BCUT2D eigenvalue weighted by Gasteiger charge is -2.28. The van der Waals surface area contributed by atoms with Gasteiger partial charge < -0.3 is 9.52 Å². The average Bonchev–Trinajstić information content (AvgIpc) is 2.83. The van der Waals surface area contributed by atoms with E-state index in [9.17, 15) is 9.90 Å². The molecular weight excluding hydrogens is 234 g/mol. The minimum atomic E-state index is -1.04. The maximum atomic E-state index is 11.4. The Labute approximate surface area is 104 Å². The molecule has 1 N–H and O–H groups in total. The van der Waals surface area contributed by atoms with Crippen LogP contribution in [0.25, 0.3) is 0 Å². The standard InChI is InChI=1S/C12H13N3O3/c1-12(2,11(16)17)10(9-5-18-7-15-9)8-3-13-6-14-4-8/h3-7,10H,1-2H3,(H,16,17). The third kappa shape index (κ3) is 2.09. The molecule has 2 aromatic heterocycles. The first-order chi connectivity index (χ1) is 8.53. The normalized spacial score (nSPS) is 13.2. The van der Waals surface area contributed by atoms with Gasteiger partial charge in [-0.25, -0.2) is 15.0 Å². The largest absolute Gasteiger partial charge is 0.481 e. The molecule has 0 bridgehead atoms. The minimum absolute atomic E-state index is 0.463. The van der Waals surface area contributed by atoms with Crippen molar-refractivity contribution in [3.63, 3.8) is 0 Å². The molecule has 0 spiro atoms. The number of rotatable bonds is 4. The van der Waals surface area contributed by atoms with Crippen molar-refractivity contribution in [3.05, 3.63) is 42.6 Å². The molecule has 6 nitrogen and oxygen atoms in total. The zero-order valence-electron chi connectivity index (χ0n) is 10.1. The van der Waals surface area contributed by atoms with E-state index in [-0.39, 0.29) is 0 Å². The van der Waals surface area contributed by atoms with Crippen LogP contribution in [0.5, 0.6) is 0 Å². The zero-order chi connectivity index (χ0) is 13.2. The van der Waals surface area contributed by atoms with Crippen LogP contribution in [0.2, 0.25) is 0 Å². The van der Waals surface area contributed by atoms with Gasteiger partial charge in [-0.15, -0.1) is 0 Å². The van der Waals surface area contributed by atoms with Gasteiger partial charge in [-0.2, -0.15) is 0 Å². The number of oxazole rings is 1. The Morgan fingerprint density at radius 3 is 2.56 bits per heavy atom. The van der Waals surface area contributed by atoms with Gasteiger partial charge >= 0.3 is 5.97 Å². The molecule has 0 fully saturated rings. The summed E-state index contributed by atoms with van der Waals surface area (Å²) in [6.07, 6.45) is 7.32. The Morgan fingerprint density at radius 2 is 2.06 bits per heavy atom. The molecule has 0 aliphatic heterocycles. The second-order valence-electron chi connectivity index (χ2n) is 4.54. The van der Waals surface area contributed by atoms with Crippen molar-refractivity contribution in [3.8, 4) is 0 Å². The fourth-order valence-electron chi connectivity index (χ4n) is 1.90. The highest BCUT2D eigenvalue weighted by Crippen LogP contribution is 2.39. The van der Waals surface area contributed by atoms with Crippen LogP contribution in [0.15, 0.2) is 35.8 Å². The van der Waals surface area contributed by atoms with E-state index in [1.807, 2.05) is 0 Å². The van der Waals surface area contributed by atoms with Crippen LogP contribution in [0.3, 0.4) is 0 Å². The monoisotopic (exact) mass is 247 g/mol. The van der Waals surface area contributed by atoms with E-state index >= 15 is 0 Å². The van der Waals surface area contributed by atoms with Crippen LogP contribution in [0, 0.1) is 5.41 Å². The number of aliphatic carboxylic acids is 1. The Hall–Kier alpha value is -2.24. The highest BCUT2D eigenvalue weighted by atomic mass is 16.4. The fraction of sp³-hybridized carbons (Fsp3) is 0.333. The summed E-state index contributed by atoms with van der Waals surface area (Å²) < 4.78 is 4.95. The van der Waals surface area contributed by atoms with E-state index in [0.29, 0.717) is 11.3 Å². The smallest absolute Gasteiger partial charge is 0.310 e. The van der Waals surface area contributed by atoms with Crippen LogP contribution >= 0.6 is 0 Å². The van der Waals surface area contributed by atoms with Gasteiger partial charge in [0.15, 0.2) is 6.39 Å². The van der Waals surface area contributed by atoms with Crippen LogP contribution in [-0.2, 0) is 4.79 Å². The summed E-state index contributed by atoms with van der Waals surface area (Å²) >= 11 is 0. The van der Waals surface area contributed by atoms with Crippen molar-refractivity contribution >= 4 is 5.97 Å². The highest BCUT2D eigenvalue weighted by Gasteiger charge is 2.40. The summed E-state index contributed by atoms with van der Waals surface area (Å²) in [7, 11) is 0. The summed E-state index contributed by atoms with van der Waals surface area (Å²) in [6.45, 7) is 3.28. The van der Waals surface area contributed by atoms with Crippen LogP contribution < -0.4 is 0 Å². The van der Waals surface area contributed by atoms with Gasteiger partial charge in [0, 0.05) is 18.3 Å². The Morgan fingerprint density at radius 1 is 1.39 bits per heavy atom. The summed E-state index contributed by atoms with van der Waals surface area (Å²) in [5, 5.41) is 9.37. The molecule has 6 heteroatoms. The molecule has 0 saturated carbocycles. The molecule has 2 rings (SSSR count). The van der Waals surface area contributed by atoms with Gasteiger partial charge in [0.25, 0.3) is 0 Å². The van der Waals surface area contributed by atoms with Crippen molar-refractivity contribution < 1.29 is 14.3 Å². The number of hydrogen-bond donors (Lipinski definition) is 1. The van der Waals surface area contributed by atoms with Crippen molar-refractivity contribution in [2.45, 2.75) is 19.8 Å². The Balaban J connectivity index is 2.52. The van der Waals surface area contributed by atoms with E-state index in [0.717, 1.165) is 0 Å². The fourth-order valence-corrected chi connectivity index (χ4v) is 1.90. The van der Waals surface area contributed by atoms with E-state index < -0.39 is 17.3 Å². The predicted molar refractivity (Wildman–Crippen MR) is 61.8 cm³/mol. The first-order valence-electron chi connectivity index (χ1n) is 5.40. The minimum Gasteiger partial charge on any atom is -0.481 e. The van der Waals surface area contributed by atoms with Gasteiger partial charge in [-0.1, -0.05) is 0 Å². The van der Waals surface area contributed by atoms with Crippen molar-refractivity contribution in [1.82, 2.24) is 15.0 Å². The highest BCUT2D eigenvalue weighted by molar-refractivity contribution is 5.75. The molecule has 0 aliphatic carbocycles. The summed E-state index contributed by atoms with van der Waals surface area (Å²) in [6, 6.07) is 0. The second kappa shape index (κ2) is 4.56. The first-order valence-corrected chi connectivity index (χ1v) is 5.40. The predicted octanol–water partition coefficient (Wildman–Crippen LogP) is 1.71. The van der Waals surface area contributed by atoms with Gasteiger partial charge in [0.05, 0.1) is 11.1 Å². The van der Waals surface area contributed by atoms with Crippen LogP contribution in [-0.4, -0.2) is 26.0 Å². The molecule has 2 aromatic rings. The number of carboxylic acid groups (broad SMARTS) is 1. The van der Waals surface area contributed by atoms with Crippen LogP contribution in [0.4, 0.5) is 0 Å². The molecule has 0 saturated heterocycles. The first kappa shape index (κ1) is 12.2. The molecule has 0 amide bonds. The quantitative estimate of drug-likeness (QED) is 0.884. The summed E-state index contributed by atoms with van der Waals surface area (Å²) in [5.41, 5.74) is 0.206. The second-order valence-corrected chi connectivity index (χ2v) is 4.54. The van der Waals surface area contributed by atoms with Gasteiger partial charge in [-0.05, 0) is 19.4 Å². The maximum absolute atomic E-state index is 11.4.